The molecule has 27 heavy (non-hydrogen) atoms. The number of benzene rings is 1. The second-order valence-electron chi connectivity index (χ2n) is 6.62. The number of fused-ring (bicyclic) bond motifs is 1. The lowest BCUT2D eigenvalue weighted by molar-refractivity contribution is -0.139. The lowest BCUT2D eigenvalue weighted by Gasteiger charge is -2.38. The van der Waals surface area contributed by atoms with Gasteiger partial charge in [0.05, 0.1) is 30.3 Å². The molecule has 2 aromatic rings. The summed E-state index contributed by atoms with van der Waals surface area (Å²) < 4.78 is 5.19. The molecule has 1 aliphatic carbocycles. The Balaban J connectivity index is 1.51. The molecule has 138 valence electrons. The predicted molar refractivity (Wildman–Crippen MR) is 97.3 cm³/mol. The molecule has 2 aliphatic rings. The molecule has 2 heterocycles. The summed E-state index contributed by atoms with van der Waals surface area (Å²) >= 11 is 0. The normalized spacial score (nSPS) is 21.6. The van der Waals surface area contributed by atoms with Gasteiger partial charge in [0.25, 0.3) is 5.91 Å². The van der Waals surface area contributed by atoms with E-state index < -0.39 is 0 Å². The number of nitrogens with zero attached hydrogens (tertiary/aromatic N) is 1. The number of anilines is 1. The number of hydrogen-bond donors (Lipinski definition) is 2. The van der Waals surface area contributed by atoms with Crippen molar-refractivity contribution in [3.05, 3.63) is 66.1 Å². The Labute approximate surface area is 156 Å². The molecule has 0 saturated carbocycles. The van der Waals surface area contributed by atoms with Gasteiger partial charge in [-0.25, -0.2) is 5.01 Å². The minimum absolute atomic E-state index is 0.155. The second kappa shape index (κ2) is 7.11. The topological polar surface area (TPSA) is 91.7 Å². The van der Waals surface area contributed by atoms with Crippen molar-refractivity contribution in [2.24, 2.45) is 11.8 Å². The summed E-state index contributed by atoms with van der Waals surface area (Å²) in [7, 11) is 0. The number of hydrogen-bond acceptors (Lipinski definition) is 4. The Morgan fingerprint density at radius 2 is 1.96 bits per heavy atom. The van der Waals surface area contributed by atoms with Crippen molar-refractivity contribution in [3.8, 4) is 0 Å². The summed E-state index contributed by atoms with van der Waals surface area (Å²) in [6.45, 7) is 0.269. The van der Waals surface area contributed by atoms with Gasteiger partial charge in [0.2, 0.25) is 11.8 Å². The molecule has 1 aromatic heterocycles. The highest BCUT2D eigenvalue weighted by Gasteiger charge is 2.42. The SMILES string of the molecule is O=C(NCc1ccco1)c1cccc(N2NC(=O)C3CC=CCC3C2=O)c1. The fourth-order valence-electron chi connectivity index (χ4n) is 3.45. The van der Waals surface area contributed by atoms with Crippen LogP contribution < -0.4 is 15.8 Å². The first kappa shape index (κ1) is 17.1. The fourth-order valence-corrected chi connectivity index (χ4v) is 3.45. The maximum absolute atomic E-state index is 12.8. The molecule has 2 unspecified atom stereocenters. The molecular weight excluding hydrogens is 346 g/mol. The molecule has 7 heteroatoms. The van der Waals surface area contributed by atoms with Crippen molar-refractivity contribution in [2.75, 3.05) is 5.01 Å². The van der Waals surface area contributed by atoms with Gasteiger partial charge in [-0.1, -0.05) is 18.2 Å². The van der Waals surface area contributed by atoms with E-state index in [1.165, 1.54) is 5.01 Å². The Morgan fingerprint density at radius 1 is 1.15 bits per heavy atom. The fraction of sp³-hybridized carbons (Fsp3) is 0.250. The molecule has 3 amide bonds. The molecule has 1 saturated heterocycles. The molecule has 7 nitrogen and oxygen atoms in total. The van der Waals surface area contributed by atoms with Crippen LogP contribution in [0.25, 0.3) is 0 Å². The van der Waals surface area contributed by atoms with E-state index in [4.69, 9.17) is 4.42 Å². The van der Waals surface area contributed by atoms with Crippen LogP contribution in [0.5, 0.6) is 0 Å². The molecule has 2 N–H and O–H groups in total. The van der Waals surface area contributed by atoms with E-state index in [0.717, 1.165) is 0 Å². The molecular formula is C20H19N3O4. The summed E-state index contributed by atoms with van der Waals surface area (Å²) in [6.07, 6.45) is 6.55. The van der Waals surface area contributed by atoms with Crippen molar-refractivity contribution in [2.45, 2.75) is 19.4 Å². The highest BCUT2D eigenvalue weighted by molar-refractivity contribution is 6.05. The average molecular weight is 365 g/mol. The standard InChI is InChI=1S/C20H19N3O4/c24-18(21-12-15-7-4-10-27-15)13-5-3-6-14(11-13)23-20(26)17-9-2-1-8-16(17)19(25)22-23/h1-7,10-11,16-17H,8-9,12H2,(H,21,24)(H,22,25). The minimum atomic E-state index is -0.361. The van der Waals surface area contributed by atoms with E-state index in [9.17, 15) is 14.4 Å². The summed E-state index contributed by atoms with van der Waals surface area (Å²) in [4.78, 5) is 37.6. The highest BCUT2D eigenvalue weighted by atomic mass is 16.3. The van der Waals surface area contributed by atoms with Crippen LogP contribution in [0.2, 0.25) is 0 Å². The van der Waals surface area contributed by atoms with Crippen molar-refractivity contribution >= 4 is 23.4 Å². The Bertz CT molecular complexity index is 904. The quantitative estimate of drug-likeness (QED) is 0.813. The lowest BCUT2D eigenvalue weighted by Crippen LogP contribution is -2.59. The third-order valence-electron chi connectivity index (χ3n) is 4.90. The third-order valence-corrected chi connectivity index (χ3v) is 4.90. The molecule has 0 radical (unpaired) electrons. The van der Waals surface area contributed by atoms with Gasteiger partial charge in [-0.2, -0.15) is 0 Å². The zero-order chi connectivity index (χ0) is 18.8. The van der Waals surface area contributed by atoms with Crippen molar-refractivity contribution in [1.29, 1.82) is 0 Å². The van der Waals surface area contributed by atoms with Crippen LogP contribution in [0, 0.1) is 11.8 Å². The van der Waals surface area contributed by atoms with Gasteiger partial charge < -0.3 is 9.73 Å². The molecule has 4 rings (SSSR count). The summed E-state index contributed by atoms with van der Waals surface area (Å²) in [5.41, 5.74) is 3.53. The Kier molecular flexibility index (Phi) is 4.50. The van der Waals surface area contributed by atoms with Gasteiger partial charge in [-0.3, -0.25) is 19.8 Å². The van der Waals surface area contributed by atoms with Crippen molar-refractivity contribution in [1.82, 2.24) is 10.7 Å². The van der Waals surface area contributed by atoms with E-state index in [2.05, 4.69) is 10.7 Å². The molecule has 0 bridgehead atoms. The van der Waals surface area contributed by atoms with Gasteiger partial charge in [-0.05, 0) is 43.2 Å². The first-order valence-corrected chi connectivity index (χ1v) is 8.83. The van der Waals surface area contributed by atoms with Crippen LogP contribution in [0.4, 0.5) is 5.69 Å². The van der Waals surface area contributed by atoms with Crippen LogP contribution in [-0.2, 0) is 16.1 Å². The van der Waals surface area contributed by atoms with Crippen molar-refractivity contribution < 1.29 is 18.8 Å². The zero-order valence-electron chi connectivity index (χ0n) is 14.6. The van der Waals surface area contributed by atoms with Crippen LogP contribution >= 0.6 is 0 Å². The van der Waals surface area contributed by atoms with E-state index >= 15 is 0 Å². The first-order chi connectivity index (χ1) is 13.1. The smallest absolute Gasteiger partial charge is 0.251 e. The van der Waals surface area contributed by atoms with E-state index in [0.29, 0.717) is 29.9 Å². The minimum Gasteiger partial charge on any atom is -0.467 e. The largest absolute Gasteiger partial charge is 0.467 e. The van der Waals surface area contributed by atoms with Gasteiger partial charge in [0.1, 0.15) is 5.76 Å². The Morgan fingerprint density at radius 3 is 2.74 bits per heavy atom. The number of rotatable bonds is 4. The van der Waals surface area contributed by atoms with E-state index in [1.807, 2.05) is 12.2 Å². The van der Waals surface area contributed by atoms with Gasteiger partial charge >= 0.3 is 0 Å². The number of carbonyl (C=O) groups excluding carboxylic acids is 3. The molecule has 0 spiro atoms. The van der Waals surface area contributed by atoms with E-state index in [-0.39, 0.29) is 36.1 Å². The van der Waals surface area contributed by atoms with Crippen LogP contribution in [0.3, 0.4) is 0 Å². The van der Waals surface area contributed by atoms with Gasteiger partial charge in [0, 0.05) is 5.56 Å². The lowest BCUT2D eigenvalue weighted by atomic mass is 9.80. The number of hydrazine groups is 1. The Hall–Kier alpha value is -3.35. The first-order valence-electron chi connectivity index (χ1n) is 8.83. The van der Waals surface area contributed by atoms with Gasteiger partial charge in [-0.15, -0.1) is 0 Å². The van der Waals surface area contributed by atoms with E-state index in [1.54, 1.807) is 42.7 Å². The van der Waals surface area contributed by atoms with Crippen molar-refractivity contribution in [3.63, 3.8) is 0 Å². The monoisotopic (exact) mass is 365 g/mol. The maximum atomic E-state index is 12.8. The van der Waals surface area contributed by atoms with Crippen LogP contribution in [-0.4, -0.2) is 17.7 Å². The zero-order valence-corrected chi connectivity index (χ0v) is 14.6. The summed E-state index contributed by atoms with van der Waals surface area (Å²) in [5, 5.41) is 4.02. The summed E-state index contributed by atoms with van der Waals surface area (Å²) in [6, 6.07) is 10.1. The second-order valence-corrected chi connectivity index (χ2v) is 6.62. The number of furan rings is 1. The maximum Gasteiger partial charge on any atom is 0.251 e. The highest BCUT2D eigenvalue weighted by Crippen LogP contribution is 2.32. The number of amides is 3. The molecule has 1 fully saturated rings. The molecule has 1 aliphatic heterocycles. The van der Waals surface area contributed by atoms with Crippen LogP contribution in [0.1, 0.15) is 29.0 Å². The number of nitrogens with one attached hydrogen (secondary N) is 2. The predicted octanol–water partition coefficient (Wildman–Crippen LogP) is 2.17. The third kappa shape index (κ3) is 3.36. The number of carbonyl (C=O) groups is 3. The molecule has 2 atom stereocenters. The molecule has 1 aromatic carbocycles. The average Bonchev–Trinajstić information content (AvgIpc) is 3.23. The van der Waals surface area contributed by atoms with Crippen LogP contribution in [0.15, 0.2) is 59.2 Å². The van der Waals surface area contributed by atoms with Gasteiger partial charge in [0.15, 0.2) is 0 Å². The summed E-state index contributed by atoms with van der Waals surface area (Å²) in [5.74, 6) is -0.649. The number of allylic oxidation sites excluding steroid dienone is 2.